The van der Waals surface area contributed by atoms with Crippen molar-refractivity contribution in [2.24, 2.45) is 4.99 Å². The molecule has 0 fully saturated rings. The van der Waals surface area contributed by atoms with Crippen LogP contribution in [0.4, 0.5) is 5.82 Å². The van der Waals surface area contributed by atoms with Crippen LogP contribution in [0.15, 0.2) is 47.7 Å². The Bertz CT molecular complexity index is 981. The van der Waals surface area contributed by atoms with Gasteiger partial charge in [0.1, 0.15) is 5.82 Å². The number of pyridine rings is 1. The van der Waals surface area contributed by atoms with E-state index in [1.54, 1.807) is 18.3 Å². The molecule has 2 aromatic heterocycles. The summed E-state index contributed by atoms with van der Waals surface area (Å²) < 4.78 is 1.88. The molecule has 0 spiro atoms. The van der Waals surface area contributed by atoms with Crippen LogP contribution in [-0.4, -0.2) is 27.0 Å². The van der Waals surface area contributed by atoms with Crippen molar-refractivity contribution in [3.05, 3.63) is 58.9 Å². The highest BCUT2D eigenvalue weighted by atomic mass is 35.5. The molecule has 0 unspecified atom stereocenters. The molecule has 1 aliphatic heterocycles. The standard InChI is InChI=1S/C16H12ClN5O/c17-11-4-1-5-12-13(11)14-19-7-8-22(14)16(20-12)21-15(23)10-3-2-6-18-9-10/h1-6,9,19H,7-8H2. The Morgan fingerprint density at radius 2 is 2.22 bits per heavy atom. The number of carbonyl (C=O) groups is 1. The van der Waals surface area contributed by atoms with Gasteiger partial charge in [0.15, 0.2) is 0 Å². The highest BCUT2D eigenvalue weighted by Crippen LogP contribution is 2.29. The SMILES string of the molecule is O=C(N=c1nc2cccc(Cl)c2c2n1CCN2)c1cccnc1. The summed E-state index contributed by atoms with van der Waals surface area (Å²) in [6.45, 7) is 1.43. The summed E-state index contributed by atoms with van der Waals surface area (Å²) in [4.78, 5) is 24.9. The van der Waals surface area contributed by atoms with Crippen molar-refractivity contribution < 1.29 is 4.79 Å². The minimum absolute atomic E-state index is 0.367. The Balaban J connectivity index is 1.95. The van der Waals surface area contributed by atoms with Crippen LogP contribution >= 0.6 is 11.6 Å². The van der Waals surface area contributed by atoms with Gasteiger partial charge >= 0.3 is 0 Å². The number of hydrogen-bond acceptors (Lipinski definition) is 4. The van der Waals surface area contributed by atoms with Crippen LogP contribution in [0.2, 0.25) is 5.02 Å². The molecule has 6 nitrogen and oxygen atoms in total. The van der Waals surface area contributed by atoms with Crippen LogP contribution in [0.3, 0.4) is 0 Å². The highest BCUT2D eigenvalue weighted by molar-refractivity contribution is 6.36. The van der Waals surface area contributed by atoms with E-state index in [0.29, 0.717) is 28.3 Å². The summed E-state index contributed by atoms with van der Waals surface area (Å²) in [6, 6.07) is 8.89. The van der Waals surface area contributed by atoms with Gasteiger partial charge < -0.3 is 5.32 Å². The second kappa shape index (κ2) is 5.48. The number of benzene rings is 1. The molecule has 3 heterocycles. The molecule has 0 atom stereocenters. The van der Waals surface area contributed by atoms with Crippen molar-refractivity contribution in [3.63, 3.8) is 0 Å². The fraction of sp³-hybridized carbons (Fsp3) is 0.125. The Hall–Kier alpha value is -2.73. The number of halogens is 1. The van der Waals surface area contributed by atoms with Crippen molar-refractivity contribution in [2.45, 2.75) is 6.54 Å². The first-order valence-corrected chi connectivity index (χ1v) is 7.54. The molecule has 0 saturated heterocycles. The van der Waals surface area contributed by atoms with Gasteiger partial charge in [0.25, 0.3) is 5.91 Å². The highest BCUT2D eigenvalue weighted by Gasteiger charge is 2.17. The van der Waals surface area contributed by atoms with Crippen LogP contribution in [0.25, 0.3) is 10.9 Å². The van der Waals surface area contributed by atoms with E-state index in [1.165, 1.54) is 6.20 Å². The monoisotopic (exact) mass is 325 g/mol. The van der Waals surface area contributed by atoms with E-state index in [9.17, 15) is 4.79 Å². The van der Waals surface area contributed by atoms with Crippen molar-refractivity contribution in [2.75, 3.05) is 11.9 Å². The van der Waals surface area contributed by atoms with Gasteiger partial charge in [-0.1, -0.05) is 17.7 Å². The second-order valence-corrected chi connectivity index (χ2v) is 5.54. The van der Waals surface area contributed by atoms with Crippen molar-refractivity contribution in [3.8, 4) is 0 Å². The molecule has 1 aliphatic rings. The largest absolute Gasteiger partial charge is 0.369 e. The third-order valence-electron chi connectivity index (χ3n) is 3.70. The van der Waals surface area contributed by atoms with E-state index >= 15 is 0 Å². The summed E-state index contributed by atoms with van der Waals surface area (Å²) in [5.74, 6) is 0.479. The lowest BCUT2D eigenvalue weighted by Crippen LogP contribution is -2.24. The predicted octanol–water partition coefficient (Wildman–Crippen LogP) is 2.25. The predicted molar refractivity (Wildman–Crippen MR) is 87.4 cm³/mol. The Morgan fingerprint density at radius 1 is 1.30 bits per heavy atom. The number of carbonyl (C=O) groups excluding carboxylic acids is 1. The second-order valence-electron chi connectivity index (χ2n) is 5.13. The Morgan fingerprint density at radius 3 is 3.04 bits per heavy atom. The molecule has 1 aromatic carbocycles. The van der Waals surface area contributed by atoms with E-state index in [-0.39, 0.29) is 5.91 Å². The molecular formula is C16H12ClN5O. The van der Waals surface area contributed by atoms with E-state index in [0.717, 1.165) is 17.7 Å². The lowest BCUT2D eigenvalue weighted by molar-refractivity contribution is 0.0996. The average Bonchev–Trinajstić information content (AvgIpc) is 3.05. The molecule has 1 N–H and O–H groups in total. The van der Waals surface area contributed by atoms with Crippen LogP contribution in [-0.2, 0) is 6.54 Å². The molecule has 0 aliphatic carbocycles. The summed E-state index contributed by atoms with van der Waals surface area (Å²) in [7, 11) is 0. The van der Waals surface area contributed by atoms with Crippen molar-refractivity contribution >= 4 is 34.2 Å². The summed E-state index contributed by atoms with van der Waals surface area (Å²) in [6.07, 6.45) is 3.11. The van der Waals surface area contributed by atoms with Crippen LogP contribution < -0.4 is 10.9 Å². The molecule has 0 saturated carbocycles. The molecule has 7 heteroatoms. The summed E-state index contributed by atoms with van der Waals surface area (Å²) in [5.41, 5.74) is 1.50. The smallest absolute Gasteiger partial charge is 0.281 e. The molecule has 0 bridgehead atoms. The number of aromatic nitrogens is 3. The van der Waals surface area contributed by atoms with Crippen LogP contribution in [0.1, 0.15) is 10.4 Å². The number of hydrogen-bond donors (Lipinski definition) is 1. The molecule has 4 rings (SSSR count). The number of rotatable bonds is 1. The Kier molecular flexibility index (Phi) is 3.31. The minimum Gasteiger partial charge on any atom is -0.369 e. The number of fused-ring (bicyclic) bond motifs is 3. The molecule has 3 aromatic rings. The zero-order chi connectivity index (χ0) is 15.8. The van der Waals surface area contributed by atoms with Gasteiger partial charge in [0.2, 0.25) is 5.62 Å². The maximum absolute atomic E-state index is 12.3. The van der Waals surface area contributed by atoms with E-state index in [2.05, 4.69) is 20.3 Å². The molecule has 23 heavy (non-hydrogen) atoms. The summed E-state index contributed by atoms with van der Waals surface area (Å²) in [5, 5.41) is 4.76. The fourth-order valence-electron chi connectivity index (χ4n) is 2.66. The zero-order valence-electron chi connectivity index (χ0n) is 12.0. The minimum atomic E-state index is -0.367. The molecule has 0 radical (unpaired) electrons. The third-order valence-corrected chi connectivity index (χ3v) is 4.01. The van der Waals surface area contributed by atoms with Crippen LogP contribution in [0.5, 0.6) is 0 Å². The molecule has 1 amide bonds. The molecule has 114 valence electrons. The van der Waals surface area contributed by atoms with Crippen LogP contribution in [0, 0.1) is 0 Å². The van der Waals surface area contributed by atoms with Gasteiger partial charge in [0.05, 0.1) is 21.5 Å². The number of amides is 1. The van der Waals surface area contributed by atoms with Gasteiger partial charge in [-0.15, -0.1) is 0 Å². The maximum atomic E-state index is 12.3. The van der Waals surface area contributed by atoms with Crippen molar-refractivity contribution in [1.29, 1.82) is 0 Å². The first-order chi connectivity index (χ1) is 11.2. The topological polar surface area (TPSA) is 72.2 Å². The lowest BCUT2D eigenvalue weighted by atomic mass is 10.2. The van der Waals surface area contributed by atoms with Gasteiger partial charge in [-0.05, 0) is 24.3 Å². The first kappa shape index (κ1) is 13.9. The lowest BCUT2D eigenvalue weighted by Gasteiger charge is -2.09. The first-order valence-electron chi connectivity index (χ1n) is 7.16. The van der Waals surface area contributed by atoms with Gasteiger partial charge in [-0.25, -0.2) is 4.98 Å². The van der Waals surface area contributed by atoms with Gasteiger partial charge in [-0.3, -0.25) is 14.3 Å². The van der Waals surface area contributed by atoms with E-state index in [4.69, 9.17) is 11.6 Å². The average molecular weight is 326 g/mol. The quantitative estimate of drug-likeness (QED) is 0.745. The number of nitrogens with one attached hydrogen (secondary N) is 1. The van der Waals surface area contributed by atoms with Crippen molar-refractivity contribution in [1.82, 2.24) is 14.5 Å². The van der Waals surface area contributed by atoms with Gasteiger partial charge in [-0.2, -0.15) is 4.99 Å². The van der Waals surface area contributed by atoms with Gasteiger partial charge in [0, 0.05) is 25.5 Å². The molecular weight excluding hydrogens is 314 g/mol. The van der Waals surface area contributed by atoms with E-state index < -0.39 is 0 Å². The maximum Gasteiger partial charge on any atom is 0.281 e. The normalized spacial score (nSPS) is 13.9. The Labute approximate surface area is 136 Å². The number of nitrogens with zero attached hydrogens (tertiary/aromatic N) is 4. The zero-order valence-corrected chi connectivity index (χ0v) is 12.8. The fourth-order valence-corrected chi connectivity index (χ4v) is 2.91. The third kappa shape index (κ3) is 2.37. The van der Waals surface area contributed by atoms with E-state index in [1.807, 2.05) is 22.8 Å². The summed E-state index contributed by atoms with van der Waals surface area (Å²) >= 11 is 6.30. The number of anilines is 1.